The van der Waals surface area contributed by atoms with Crippen LogP contribution in [0.3, 0.4) is 0 Å². The Kier molecular flexibility index (Phi) is 3.72. The first-order chi connectivity index (χ1) is 9.79. The highest BCUT2D eigenvalue weighted by molar-refractivity contribution is 9.10. The summed E-state index contributed by atoms with van der Waals surface area (Å²) in [5.74, 6) is 0. The molecule has 0 saturated heterocycles. The molecule has 0 amide bonds. The summed E-state index contributed by atoms with van der Waals surface area (Å²) in [6.45, 7) is 2.61. The van der Waals surface area contributed by atoms with E-state index < -0.39 is 0 Å². The molecule has 3 rings (SSSR count). The molecule has 0 aliphatic carbocycles. The van der Waals surface area contributed by atoms with Gasteiger partial charge in [0.2, 0.25) is 0 Å². The van der Waals surface area contributed by atoms with E-state index in [2.05, 4.69) is 50.4 Å². The van der Waals surface area contributed by atoms with Gasteiger partial charge in [-0.2, -0.15) is 5.26 Å². The van der Waals surface area contributed by atoms with Crippen LogP contribution in [0.1, 0.15) is 11.1 Å². The molecule has 2 aromatic rings. The van der Waals surface area contributed by atoms with Gasteiger partial charge in [0.25, 0.3) is 0 Å². The second kappa shape index (κ2) is 5.66. The molecular formula is C16H14BrN3. The number of hydrogen-bond donors (Lipinski definition) is 1. The largest absolute Gasteiger partial charge is 0.339 e. The van der Waals surface area contributed by atoms with Crippen LogP contribution in [0.4, 0.5) is 11.4 Å². The van der Waals surface area contributed by atoms with Gasteiger partial charge in [-0.05, 0) is 29.8 Å². The first-order valence-corrected chi connectivity index (χ1v) is 7.35. The minimum Gasteiger partial charge on any atom is -0.339 e. The van der Waals surface area contributed by atoms with Gasteiger partial charge < -0.3 is 10.2 Å². The van der Waals surface area contributed by atoms with E-state index in [9.17, 15) is 5.26 Å². The lowest BCUT2D eigenvalue weighted by molar-refractivity contribution is 0.712. The second-order valence-electron chi connectivity index (χ2n) is 4.73. The van der Waals surface area contributed by atoms with Crippen molar-refractivity contribution in [2.45, 2.75) is 6.54 Å². The van der Waals surface area contributed by atoms with Crippen molar-refractivity contribution in [2.75, 3.05) is 18.0 Å². The summed E-state index contributed by atoms with van der Waals surface area (Å²) < 4.78 is 0.987. The van der Waals surface area contributed by atoms with E-state index in [1.165, 1.54) is 11.3 Å². The van der Waals surface area contributed by atoms with Gasteiger partial charge in [-0.1, -0.05) is 34.1 Å². The first kappa shape index (κ1) is 13.2. The Bertz CT molecular complexity index is 676. The second-order valence-corrected chi connectivity index (χ2v) is 5.65. The molecule has 1 heterocycles. The molecule has 20 heavy (non-hydrogen) atoms. The van der Waals surface area contributed by atoms with E-state index in [1.54, 1.807) is 0 Å². The number of nitriles is 1. The summed E-state index contributed by atoms with van der Waals surface area (Å²) >= 11 is 3.50. The summed E-state index contributed by atoms with van der Waals surface area (Å²) in [6.07, 6.45) is 0. The van der Waals surface area contributed by atoms with Gasteiger partial charge in [0.1, 0.15) is 6.07 Å². The molecule has 1 N–H and O–H groups in total. The number of anilines is 2. The number of benzene rings is 2. The molecule has 0 atom stereocenters. The summed E-state index contributed by atoms with van der Waals surface area (Å²) in [4.78, 5) is 2.22. The summed E-state index contributed by atoms with van der Waals surface area (Å²) in [6, 6.07) is 16.4. The van der Waals surface area contributed by atoms with Crippen molar-refractivity contribution in [2.24, 2.45) is 0 Å². The Morgan fingerprint density at radius 1 is 1.15 bits per heavy atom. The fourth-order valence-corrected chi connectivity index (χ4v) is 2.88. The van der Waals surface area contributed by atoms with E-state index in [-0.39, 0.29) is 0 Å². The molecule has 100 valence electrons. The van der Waals surface area contributed by atoms with Gasteiger partial charge in [-0.3, -0.25) is 0 Å². The van der Waals surface area contributed by atoms with Crippen LogP contribution in [0, 0.1) is 11.3 Å². The average molecular weight is 328 g/mol. The fourth-order valence-electron chi connectivity index (χ4n) is 2.53. The molecule has 0 radical (unpaired) electrons. The van der Waals surface area contributed by atoms with Crippen LogP contribution in [0.15, 0.2) is 46.9 Å². The minimum absolute atomic E-state index is 0.699. The zero-order valence-electron chi connectivity index (χ0n) is 10.9. The van der Waals surface area contributed by atoms with Crippen LogP contribution in [-0.4, -0.2) is 13.1 Å². The summed E-state index contributed by atoms with van der Waals surface area (Å²) in [7, 11) is 0. The minimum atomic E-state index is 0.699. The molecule has 0 aromatic heterocycles. The van der Waals surface area contributed by atoms with E-state index in [0.29, 0.717) is 5.56 Å². The van der Waals surface area contributed by atoms with Gasteiger partial charge in [0.05, 0.1) is 11.3 Å². The fraction of sp³-hybridized carbons (Fsp3) is 0.188. The number of nitrogens with zero attached hydrogens (tertiary/aromatic N) is 2. The predicted molar refractivity (Wildman–Crippen MR) is 84.0 cm³/mol. The van der Waals surface area contributed by atoms with Gasteiger partial charge in [0.15, 0.2) is 0 Å². The third kappa shape index (κ3) is 2.43. The lowest BCUT2D eigenvalue weighted by Gasteiger charge is -2.25. The number of halogens is 1. The lowest BCUT2D eigenvalue weighted by atomic mass is 10.1. The van der Waals surface area contributed by atoms with Crippen LogP contribution in [0.25, 0.3) is 0 Å². The van der Waals surface area contributed by atoms with E-state index in [1.807, 2.05) is 24.3 Å². The zero-order valence-corrected chi connectivity index (χ0v) is 12.5. The molecule has 2 aromatic carbocycles. The van der Waals surface area contributed by atoms with Crippen molar-refractivity contribution in [1.29, 1.82) is 5.26 Å². The third-order valence-electron chi connectivity index (χ3n) is 3.48. The Morgan fingerprint density at radius 3 is 2.85 bits per heavy atom. The quantitative estimate of drug-likeness (QED) is 0.870. The zero-order chi connectivity index (χ0) is 13.9. The van der Waals surface area contributed by atoms with E-state index in [0.717, 1.165) is 29.8 Å². The van der Waals surface area contributed by atoms with Gasteiger partial charge >= 0.3 is 0 Å². The molecule has 4 heteroatoms. The summed E-state index contributed by atoms with van der Waals surface area (Å²) in [5.41, 5.74) is 4.09. The maximum atomic E-state index is 9.35. The smallest absolute Gasteiger partial charge is 0.101 e. The van der Waals surface area contributed by atoms with Crippen molar-refractivity contribution in [3.63, 3.8) is 0 Å². The van der Waals surface area contributed by atoms with Crippen LogP contribution < -0.4 is 10.2 Å². The normalized spacial score (nSPS) is 14.3. The van der Waals surface area contributed by atoms with Gasteiger partial charge in [0, 0.05) is 29.8 Å². The Hall–Kier alpha value is -1.83. The molecule has 0 fully saturated rings. The molecule has 0 unspecified atom stereocenters. The number of rotatable bonds is 1. The average Bonchev–Trinajstić information content (AvgIpc) is 2.69. The molecule has 1 aliphatic rings. The van der Waals surface area contributed by atoms with Crippen LogP contribution >= 0.6 is 15.9 Å². The highest BCUT2D eigenvalue weighted by Crippen LogP contribution is 2.33. The van der Waals surface area contributed by atoms with Crippen LogP contribution in [-0.2, 0) is 6.54 Å². The van der Waals surface area contributed by atoms with E-state index in [4.69, 9.17) is 0 Å². The number of fused-ring (bicyclic) bond motifs is 1. The highest BCUT2D eigenvalue weighted by Gasteiger charge is 2.18. The SMILES string of the molecule is N#Cc1ccc(Br)cc1N1CCNCc2ccccc21. The molecule has 0 bridgehead atoms. The van der Waals surface area contributed by atoms with Crippen LogP contribution in [0.5, 0.6) is 0 Å². The number of hydrogen-bond acceptors (Lipinski definition) is 3. The predicted octanol–water partition coefficient (Wildman–Crippen LogP) is 3.56. The number of nitrogens with one attached hydrogen (secondary N) is 1. The van der Waals surface area contributed by atoms with Gasteiger partial charge in [-0.15, -0.1) is 0 Å². The molecule has 0 saturated carbocycles. The van der Waals surface area contributed by atoms with Crippen molar-refractivity contribution in [1.82, 2.24) is 5.32 Å². The van der Waals surface area contributed by atoms with Crippen molar-refractivity contribution >= 4 is 27.3 Å². The molecular weight excluding hydrogens is 314 g/mol. The Labute approximate surface area is 127 Å². The van der Waals surface area contributed by atoms with Crippen molar-refractivity contribution in [3.8, 4) is 6.07 Å². The monoisotopic (exact) mass is 327 g/mol. The first-order valence-electron chi connectivity index (χ1n) is 6.55. The van der Waals surface area contributed by atoms with Gasteiger partial charge in [-0.25, -0.2) is 0 Å². The van der Waals surface area contributed by atoms with Crippen LogP contribution in [0.2, 0.25) is 0 Å². The molecule has 3 nitrogen and oxygen atoms in total. The summed E-state index contributed by atoms with van der Waals surface area (Å²) in [5, 5.41) is 12.8. The highest BCUT2D eigenvalue weighted by atomic mass is 79.9. The molecule has 1 aliphatic heterocycles. The Balaban J connectivity index is 2.15. The van der Waals surface area contributed by atoms with E-state index >= 15 is 0 Å². The van der Waals surface area contributed by atoms with Crippen molar-refractivity contribution in [3.05, 3.63) is 58.1 Å². The Morgan fingerprint density at radius 2 is 2.00 bits per heavy atom. The lowest BCUT2D eigenvalue weighted by Crippen LogP contribution is -2.25. The number of para-hydroxylation sites is 1. The van der Waals surface area contributed by atoms with Crippen molar-refractivity contribution < 1.29 is 0 Å². The maximum Gasteiger partial charge on any atom is 0.101 e. The third-order valence-corrected chi connectivity index (χ3v) is 3.97. The maximum absolute atomic E-state index is 9.35. The topological polar surface area (TPSA) is 39.1 Å². The molecule has 0 spiro atoms. The standard InChI is InChI=1S/C16H14BrN3/c17-14-6-5-12(10-18)16(9-14)20-8-7-19-11-13-3-1-2-4-15(13)20/h1-6,9,19H,7-8,11H2.